The van der Waals surface area contributed by atoms with Gasteiger partial charge in [-0.15, -0.1) is 23.0 Å². The number of rotatable bonds is 2. The number of hydrogen-bond donors (Lipinski definition) is 0. The van der Waals surface area contributed by atoms with Crippen LogP contribution in [0, 0.1) is 5.92 Å². The van der Waals surface area contributed by atoms with E-state index in [1.165, 1.54) is 15.1 Å². The molecule has 0 amide bonds. The van der Waals surface area contributed by atoms with Gasteiger partial charge in [0.05, 0.1) is 11.9 Å². The normalized spacial score (nSPS) is 18.8. The van der Waals surface area contributed by atoms with Gasteiger partial charge in [-0.1, -0.05) is 18.2 Å². The molecule has 1 aliphatic carbocycles. The van der Waals surface area contributed by atoms with Crippen LogP contribution < -0.4 is 5.56 Å². The first kappa shape index (κ1) is 11.6. The minimum atomic E-state index is -0.0213. The second kappa shape index (κ2) is 4.31. The van der Waals surface area contributed by atoms with Crippen molar-refractivity contribution in [1.29, 1.82) is 0 Å². The number of fused-ring (bicyclic) bond motifs is 3. The summed E-state index contributed by atoms with van der Waals surface area (Å²) < 4.78 is 1.39. The van der Waals surface area contributed by atoms with Crippen LogP contribution in [0.1, 0.15) is 23.8 Å². The number of hydrogen-bond acceptors (Lipinski definition) is 4. The van der Waals surface area contributed by atoms with Crippen molar-refractivity contribution >= 4 is 21.6 Å². The SMILES string of the molecule is C=CCn1nnc2sc3c(c2c1=O)CC[C@H](C)C3. The van der Waals surface area contributed by atoms with Gasteiger partial charge in [-0.3, -0.25) is 4.79 Å². The lowest BCUT2D eigenvalue weighted by Crippen LogP contribution is -2.24. The molecule has 0 aliphatic heterocycles. The molecule has 0 bridgehead atoms. The highest BCUT2D eigenvalue weighted by molar-refractivity contribution is 7.18. The Kier molecular flexibility index (Phi) is 2.78. The summed E-state index contributed by atoms with van der Waals surface area (Å²) in [6, 6.07) is 0. The van der Waals surface area contributed by atoms with Crippen LogP contribution in [0.4, 0.5) is 0 Å². The summed E-state index contributed by atoms with van der Waals surface area (Å²) >= 11 is 1.63. The number of aryl methyl sites for hydroxylation is 1. The Morgan fingerprint density at radius 1 is 1.61 bits per heavy atom. The Morgan fingerprint density at radius 3 is 3.22 bits per heavy atom. The van der Waals surface area contributed by atoms with Crippen molar-refractivity contribution in [2.75, 3.05) is 0 Å². The first-order chi connectivity index (χ1) is 8.70. The molecule has 94 valence electrons. The average molecular weight is 261 g/mol. The fraction of sp³-hybridized carbons (Fsp3) is 0.462. The van der Waals surface area contributed by atoms with Gasteiger partial charge in [0.1, 0.15) is 0 Å². The van der Waals surface area contributed by atoms with Crippen molar-refractivity contribution < 1.29 is 0 Å². The van der Waals surface area contributed by atoms with Gasteiger partial charge in [-0.2, -0.15) is 0 Å². The highest BCUT2D eigenvalue weighted by atomic mass is 32.1. The minimum absolute atomic E-state index is 0.0213. The number of allylic oxidation sites excluding steroid dienone is 1. The van der Waals surface area contributed by atoms with E-state index < -0.39 is 0 Å². The van der Waals surface area contributed by atoms with Crippen molar-refractivity contribution in [1.82, 2.24) is 15.0 Å². The Morgan fingerprint density at radius 2 is 2.44 bits per heavy atom. The first-order valence-electron chi connectivity index (χ1n) is 6.19. The standard InChI is InChI=1S/C13H15N3OS/c1-3-6-16-13(17)11-9-5-4-8(2)7-10(9)18-12(11)14-15-16/h3,8H,1,4-7H2,2H3/t8-/m0/s1. The predicted octanol–water partition coefficient (Wildman–Crippen LogP) is 2.16. The fourth-order valence-electron chi connectivity index (χ4n) is 2.53. The smallest absolute Gasteiger partial charge is 0.267 e. The molecule has 5 heteroatoms. The van der Waals surface area contributed by atoms with Gasteiger partial charge >= 0.3 is 0 Å². The second-order valence-electron chi connectivity index (χ2n) is 4.90. The third-order valence-corrected chi connectivity index (χ3v) is 4.63. The molecule has 1 aliphatic rings. The van der Waals surface area contributed by atoms with Crippen LogP contribution >= 0.6 is 11.3 Å². The molecular weight excluding hydrogens is 246 g/mol. The van der Waals surface area contributed by atoms with E-state index in [0.717, 1.165) is 29.5 Å². The summed E-state index contributed by atoms with van der Waals surface area (Å²) in [5.74, 6) is 0.703. The van der Waals surface area contributed by atoms with Gasteiger partial charge in [0.25, 0.3) is 5.56 Å². The zero-order chi connectivity index (χ0) is 12.7. The van der Waals surface area contributed by atoms with Crippen LogP contribution in [-0.4, -0.2) is 15.0 Å². The van der Waals surface area contributed by atoms with Crippen LogP contribution in [0.2, 0.25) is 0 Å². The summed E-state index contributed by atoms with van der Waals surface area (Å²) in [4.78, 5) is 14.5. The van der Waals surface area contributed by atoms with E-state index in [4.69, 9.17) is 0 Å². The molecular formula is C13H15N3OS. The Labute approximate surface area is 109 Å². The third kappa shape index (κ3) is 1.70. The quantitative estimate of drug-likeness (QED) is 0.778. The molecule has 0 radical (unpaired) electrons. The van der Waals surface area contributed by atoms with Crippen molar-refractivity contribution in [3.8, 4) is 0 Å². The molecule has 18 heavy (non-hydrogen) atoms. The Bertz CT molecular complexity index is 671. The van der Waals surface area contributed by atoms with Crippen molar-refractivity contribution in [2.24, 2.45) is 5.92 Å². The van der Waals surface area contributed by atoms with E-state index in [1.54, 1.807) is 17.4 Å². The lowest BCUT2D eigenvalue weighted by atomic mass is 9.89. The molecule has 1 atom stereocenters. The van der Waals surface area contributed by atoms with E-state index in [2.05, 4.69) is 23.8 Å². The largest absolute Gasteiger partial charge is 0.279 e. The molecule has 2 aromatic heterocycles. The molecule has 4 nitrogen and oxygen atoms in total. The van der Waals surface area contributed by atoms with Gasteiger partial charge in [0.15, 0.2) is 4.83 Å². The molecule has 0 N–H and O–H groups in total. The molecule has 2 aromatic rings. The van der Waals surface area contributed by atoms with Gasteiger partial charge in [-0.05, 0) is 30.7 Å². The molecule has 3 rings (SSSR count). The summed E-state index contributed by atoms with van der Waals surface area (Å²) in [7, 11) is 0. The monoisotopic (exact) mass is 261 g/mol. The topological polar surface area (TPSA) is 47.8 Å². The number of aromatic nitrogens is 3. The van der Waals surface area contributed by atoms with Crippen LogP contribution in [0.25, 0.3) is 10.2 Å². The van der Waals surface area contributed by atoms with Crippen molar-refractivity contribution in [3.63, 3.8) is 0 Å². The second-order valence-corrected chi connectivity index (χ2v) is 5.98. The van der Waals surface area contributed by atoms with Crippen molar-refractivity contribution in [2.45, 2.75) is 32.7 Å². The zero-order valence-electron chi connectivity index (χ0n) is 10.3. The number of thiophene rings is 1. The lowest BCUT2D eigenvalue weighted by molar-refractivity contribution is 0.508. The summed E-state index contributed by atoms with van der Waals surface area (Å²) in [6.45, 7) is 6.32. The van der Waals surface area contributed by atoms with E-state index in [1.807, 2.05) is 0 Å². The molecule has 0 saturated heterocycles. The van der Waals surface area contributed by atoms with E-state index in [0.29, 0.717) is 12.5 Å². The summed E-state index contributed by atoms with van der Waals surface area (Å²) in [5, 5.41) is 8.92. The van der Waals surface area contributed by atoms with Crippen LogP contribution in [-0.2, 0) is 19.4 Å². The van der Waals surface area contributed by atoms with Gasteiger partial charge < -0.3 is 0 Å². The zero-order valence-corrected chi connectivity index (χ0v) is 11.2. The van der Waals surface area contributed by atoms with Crippen molar-refractivity contribution in [3.05, 3.63) is 33.4 Å². The van der Waals surface area contributed by atoms with Crippen LogP contribution in [0.3, 0.4) is 0 Å². The maximum absolute atomic E-state index is 12.4. The molecule has 2 heterocycles. The van der Waals surface area contributed by atoms with Crippen LogP contribution in [0.5, 0.6) is 0 Å². The summed E-state index contributed by atoms with van der Waals surface area (Å²) in [6.07, 6.45) is 4.88. The highest BCUT2D eigenvalue weighted by Gasteiger charge is 2.23. The lowest BCUT2D eigenvalue weighted by Gasteiger charge is -2.17. The first-order valence-corrected chi connectivity index (χ1v) is 7.01. The Balaban J connectivity index is 2.25. The molecule has 0 fully saturated rings. The minimum Gasteiger partial charge on any atom is -0.267 e. The highest BCUT2D eigenvalue weighted by Crippen LogP contribution is 2.35. The fourth-order valence-corrected chi connectivity index (χ4v) is 3.85. The van der Waals surface area contributed by atoms with E-state index >= 15 is 0 Å². The summed E-state index contributed by atoms with van der Waals surface area (Å²) in [5.41, 5.74) is 1.19. The van der Waals surface area contributed by atoms with Crippen LogP contribution in [0.15, 0.2) is 17.4 Å². The average Bonchev–Trinajstić information content (AvgIpc) is 2.71. The maximum atomic E-state index is 12.4. The maximum Gasteiger partial charge on any atom is 0.279 e. The molecule has 0 unspecified atom stereocenters. The Hall–Kier alpha value is -1.49. The molecule has 0 aromatic carbocycles. The van der Waals surface area contributed by atoms with E-state index in [9.17, 15) is 4.79 Å². The predicted molar refractivity (Wildman–Crippen MR) is 73.1 cm³/mol. The van der Waals surface area contributed by atoms with Gasteiger partial charge in [0, 0.05) is 4.88 Å². The molecule has 0 spiro atoms. The van der Waals surface area contributed by atoms with E-state index in [-0.39, 0.29) is 5.56 Å². The third-order valence-electron chi connectivity index (χ3n) is 3.49. The van der Waals surface area contributed by atoms with Gasteiger partial charge in [-0.25, -0.2) is 4.68 Å². The number of nitrogens with zero attached hydrogens (tertiary/aromatic N) is 3. The van der Waals surface area contributed by atoms with Gasteiger partial charge in [0.2, 0.25) is 0 Å². The molecule has 0 saturated carbocycles.